The quantitative estimate of drug-likeness (QED) is 0.671. The molecule has 0 aliphatic rings. The Balaban J connectivity index is 2.65. The van der Waals surface area contributed by atoms with E-state index in [4.69, 9.17) is 0 Å². The van der Waals surface area contributed by atoms with Crippen molar-refractivity contribution in [2.75, 3.05) is 13.7 Å². The number of hydrogen-bond donors (Lipinski definition) is 0. The molecule has 0 unspecified atom stereocenters. The Labute approximate surface area is 95.2 Å². The van der Waals surface area contributed by atoms with Crippen LogP contribution < -0.4 is 0 Å². The Morgan fingerprint density at radius 2 is 2.31 bits per heavy atom. The van der Waals surface area contributed by atoms with Gasteiger partial charge in [0.2, 0.25) is 0 Å². The van der Waals surface area contributed by atoms with Crippen LogP contribution in [0.1, 0.15) is 19.7 Å². The topological polar surface area (TPSA) is 60.2 Å². The minimum absolute atomic E-state index is 0.240. The van der Waals surface area contributed by atoms with Gasteiger partial charge in [0.15, 0.2) is 0 Å². The number of aromatic nitrogens is 3. The maximum Gasteiger partial charge on any atom is 0.319 e. The minimum atomic E-state index is -0.240. The van der Waals surface area contributed by atoms with Gasteiger partial charge >= 0.3 is 5.97 Å². The zero-order valence-electron chi connectivity index (χ0n) is 10.2. The van der Waals surface area contributed by atoms with Crippen molar-refractivity contribution in [2.24, 2.45) is 7.05 Å². The number of aryl methyl sites for hydroxylation is 1. The molecule has 6 heteroatoms. The first-order chi connectivity index (χ1) is 7.54. The van der Waals surface area contributed by atoms with Gasteiger partial charge in [0.1, 0.15) is 12.2 Å². The van der Waals surface area contributed by atoms with Crippen LogP contribution in [-0.4, -0.2) is 45.3 Å². The number of methoxy groups -OCH3 is 1. The van der Waals surface area contributed by atoms with Crippen molar-refractivity contribution >= 4 is 5.97 Å². The molecule has 0 saturated heterocycles. The molecule has 1 aromatic heterocycles. The second-order valence-electron chi connectivity index (χ2n) is 3.93. The number of nitrogens with zero attached hydrogens (tertiary/aromatic N) is 4. The van der Waals surface area contributed by atoms with Crippen molar-refractivity contribution in [1.29, 1.82) is 0 Å². The molecule has 0 fully saturated rings. The minimum Gasteiger partial charge on any atom is -0.468 e. The molecule has 0 amide bonds. The molecule has 0 atom stereocenters. The fraction of sp³-hybridized carbons (Fsp3) is 0.700. The number of rotatable bonds is 5. The van der Waals surface area contributed by atoms with Gasteiger partial charge in [-0.2, -0.15) is 0 Å². The van der Waals surface area contributed by atoms with Crippen LogP contribution >= 0.6 is 0 Å². The molecular formula is C10H18N4O2. The molecule has 0 radical (unpaired) electrons. The summed E-state index contributed by atoms with van der Waals surface area (Å²) < 4.78 is 6.50. The Hall–Kier alpha value is -1.43. The third-order valence-corrected chi connectivity index (χ3v) is 2.44. The molecule has 0 aliphatic carbocycles. The second kappa shape index (κ2) is 5.60. The van der Waals surface area contributed by atoms with Gasteiger partial charge in [0.05, 0.1) is 20.2 Å². The monoisotopic (exact) mass is 226 g/mol. The van der Waals surface area contributed by atoms with Gasteiger partial charge in [-0.15, -0.1) is 10.2 Å². The summed E-state index contributed by atoms with van der Waals surface area (Å²) in [6.45, 7) is 4.91. The predicted molar refractivity (Wildman–Crippen MR) is 58.6 cm³/mol. The Morgan fingerprint density at radius 3 is 2.75 bits per heavy atom. The molecule has 1 aromatic rings. The standard InChI is InChI=1S/C10H18N4O2/c1-8(2)14(6-10(15)16-4)5-9-12-11-7-13(9)3/h7-8H,5-6H2,1-4H3. The maximum absolute atomic E-state index is 11.2. The van der Waals surface area contributed by atoms with E-state index in [0.29, 0.717) is 6.54 Å². The van der Waals surface area contributed by atoms with Crippen molar-refractivity contribution in [1.82, 2.24) is 19.7 Å². The summed E-state index contributed by atoms with van der Waals surface area (Å²) in [6.07, 6.45) is 1.64. The summed E-state index contributed by atoms with van der Waals surface area (Å²) in [5.41, 5.74) is 0. The largest absolute Gasteiger partial charge is 0.468 e. The third-order valence-electron chi connectivity index (χ3n) is 2.44. The summed E-state index contributed by atoms with van der Waals surface area (Å²) in [6, 6.07) is 0.246. The van der Waals surface area contributed by atoms with Crippen LogP contribution in [0.5, 0.6) is 0 Å². The molecule has 1 heterocycles. The molecule has 0 spiro atoms. The lowest BCUT2D eigenvalue weighted by Crippen LogP contribution is -2.36. The number of ether oxygens (including phenoxy) is 1. The first-order valence-electron chi connectivity index (χ1n) is 5.18. The molecule has 16 heavy (non-hydrogen) atoms. The summed E-state index contributed by atoms with van der Waals surface area (Å²) in [7, 11) is 3.27. The molecule has 0 saturated carbocycles. The molecule has 1 rings (SSSR count). The molecule has 0 aliphatic heterocycles. The maximum atomic E-state index is 11.2. The summed E-state index contributed by atoms with van der Waals surface area (Å²) in [5, 5.41) is 7.79. The van der Waals surface area contributed by atoms with E-state index in [1.54, 1.807) is 6.33 Å². The van der Waals surface area contributed by atoms with E-state index < -0.39 is 0 Å². The van der Waals surface area contributed by atoms with E-state index in [9.17, 15) is 4.79 Å². The van der Waals surface area contributed by atoms with Crippen molar-refractivity contribution in [3.05, 3.63) is 12.2 Å². The first kappa shape index (κ1) is 12.6. The van der Waals surface area contributed by atoms with Crippen molar-refractivity contribution in [2.45, 2.75) is 26.4 Å². The Bertz CT molecular complexity index is 348. The van der Waals surface area contributed by atoms with Crippen molar-refractivity contribution in [3.63, 3.8) is 0 Å². The highest BCUT2D eigenvalue weighted by atomic mass is 16.5. The zero-order valence-corrected chi connectivity index (χ0v) is 10.2. The predicted octanol–water partition coefficient (Wildman–Crippen LogP) is 0.198. The number of carbonyl (C=O) groups is 1. The van der Waals surface area contributed by atoms with E-state index in [-0.39, 0.29) is 18.6 Å². The van der Waals surface area contributed by atoms with Crippen LogP contribution in [0, 0.1) is 0 Å². The van der Waals surface area contributed by atoms with E-state index in [0.717, 1.165) is 5.82 Å². The number of hydrogen-bond acceptors (Lipinski definition) is 5. The lowest BCUT2D eigenvalue weighted by atomic mass is 10.3. The van der Waals surface area contributed by atoms with Crippen LogP contribution in [0.2, 0.25) is 0 Å². The average Bonchev–Trinajstić information content (AvgIpc) is 2.63. The van der Waals surface area contributed by atoms with Gasteiger partial charge in [-0.05, 0) is 13.8 Å². The average molecular weight is 226 g/mol. The molecule has 6 nitrogen and oxygen atoms in total. The van der Waals surface area contributed by atoms with Crippen LogP contribution in [-0.2, 0) is 23.1 Å². The fourth-order valence-electron chi connectivity index (χ4n) is 1.28. The van der Waals surface area contributed by atoms with Gasteiger partial charge < -0.3 is 9.30 Å². The van der Waals surface area contributed by atoms with Crippen LogP contribution in [0.15, 0.2) is 6.33 Å². The Kier molecular flexibility index (Phi) is 4.42. The van der Waals surface area contributed by atoms with E-state index in [2.05, 4.69) is 14.9 Å². The highest BCUT2D eigenvalue weighted by Crippen LogP contribution is 2.05. The summed E-state index contributed by atoms with van der Waals surface area (Å²) >= 11 is 0. The zero-order chi connectivity index (χ0) is 12.1. The summed E-state index contributed by atoms with van der Waals surface area (Å²) in [5.74, 6) is 0.591. The first-order valence-corrected chi connectivity index (χ1v) is 5.18. The molecule has 0 bridgehead atoms. The van der Waals surface area contributed by atoms with E-state index in [1.165, 1.54) is 7.11 Å². The van der Waals surface area contributed by atoms with Gasteiger partial charge in [-0.1, -0.05) is 0 Å². The molecule has 0 N–H and O–H groups in total. The second-order valence-corrected chi connectivity index (χ2v) is 3.93. The normalized spacial score (nSPS) is 11.1. The molecular weight excluding hydrogens is 208 g/mol. The number of carbonyl (C=O) groups excluding carboxylic acids is 1. The lowest BCUT2D eigenvalue weighted by Gasteiger charge is -2.24. The van der Waals surface area contributed by atoms with Gasteiger partial charge in [-0.25, -0.2) is 0 Å². The fourth-order valence-corrected chi connectivity index (χ4v) is 1.28. The van der Waals surface area contributed by atoms with Gasteiger partial charge in [0, 0.05) is 13.1 Å². The Morgan fingerprint density at radius 1 is 1.62 bits per heavy atom. The van der Waals surface area contributed by atoms with Crippen molar-refractivity contribution in [3.8, 4) is 0 Å². The van der Waals surface area contributed by atoms with E-state index >= 15 is 0 Å². The molecule has 0 aromatic carbocycles. The van der Waals surface area contributed by atoms with Crippen LogP contribution in [0.3, 0.4) is 0 Å². The lowest BCUT2D eigenvalue weighted by molar-refractivity contribution is -0.142. The molecule has 90 valence electrons. The highest BCUT2D eigenvalue weighted by molar-refractivity contribution is 5.71. The van der Waals surface area contributed by atoms with E-state index in [1.807, 2.05) is 30.4 Å². The van der Waals surface area contributed by atoms with Gasteiger partial charge in [-0.3, -0.25) is 9.69 Å². The highest BCUT2D eigenvalue weighted by Gasteiger charge is 2.16. The summed E-state index contributed by atoms with van der Waals surface area (Å²) in [4.78, 5) is 13.2. The van der Waals surface area contributed by atoms with Crippen molar-refractivity contribution < 1.29 is 9.53 Å². The van der Waals surface area contributed by atoms with Crippen LogP contribution in [0.4, 0.5) is 0 Å². The van der Waals surface area contributed by atoms with Gasteiger partial charge in [0.25, 0.3) is 0 Å². The smallest absolute Gasteiger partial charge is 0.319 e. The van der Waals surface area contributed by atoms with Crippen LogP contribution in [0.25, 0.3) is 0 Å². The SMILES string of the molecule is COC(=O)CN(Cc1nncn1C)C(C)C. The number of esters is 1. The third kappa shape index (κ3) is 3.30.